The first-order valence-corrected chi connectivity index (χ1v) is 7.14. The van der Waals surface area contributed by atoms with Crippen LogP contribution in [0.15, 0.2) is 18.2 Å². The van der Waals surface area contributed by atoms with Gasteiger partial charge >= 0.3 is 0 Å². The van der Waals surface area contributed by atoms with E-state index in [1.807, 2.05) is 18.2 Å². The summed E-state index contributed by atoms with van der Waals surface area (Å²) < 4.78 is 5.23. The topological polar surface area (TPSA) is 45.0 Å². The zero-order valence-electron chi connectivity index (χ0n) is 11.4. The minimum Gasteiger partial charge on any atom is -0.497 e. The largest absolute Gasteiger partial charge is 0.497 e. The molecule has 0 aromatic heterocycles. The molecule has 2 fully saturated rings. The van der Waals surface area contributed by atoms with Crippen molar-refractivity contribution >= 4 is 5.69 Å². The molecular formula is C16H20N2O. The van der Waals surface area contributed by atoms with E-state index < -0.39 is 0 Å². The highest BCUT2D eigenvalue weighted by atomic mass is 16.5. The van der Waals surface area contributed by atoms with Crippen molar-refractivity contribution < 1.29 is 4.74 Å². The van der Waals surface area contributed by atoms with Gasteiger partial charge in [-0.15, -0.1) is 0 Å². The van der Waals surface area contributed by atoms with Crippen LogP contribution >= 0.6 is 0 Å². The van der Waals surface area contributed by atoms with E-state index in [0.717, 1.165) is 35.7 Å². The lowest BCUT2D eigenvalue weighted by Gasteiger charge is -2.18. The molecule has 2 aliphatic rings. The Kier molecular flexibility index (Phi) is 3.33. The van der Waals surface area contributed by atoms with Gasteiger partial charge in [0.1, 0.15) is 11.8 Å². The Morgan fingerprint density at radius 1 is 1.32 bits per heavy atom. The van der Waals surface area contributed by atoms with Crippen LogP contribution < -0.4 is 10.1 Å². The Labute approximate surface area is 114 Å². The van der Waals surface area contributed by atoms with Crippen molar-refractivity contribution in [1.29, 1.82) is 5.26 Å². The summed E-state index contributed by atoms with van der Waals surface area (Å²) in [4.78, 5) is 0. The first kappa shape index (κ1) is 12.3. The van der Waals surface area contributed by atoms with Gasteiger partial charge in [-0.1, -0.05) is 0 Å². The van der Waals surface area contributed by atoms with Crippen LogP contribution in [0.2, 0.25) is 0 Å². The summed E-state index contributed by atoms with van der Waals surface area (Å²) in [5, 5.41) is 12.6. The number of nitrogens with zero attached hydrogens (tertiary/aromatic N) is 1. The van der Waals surface area contributed by atoms with Gasteiger partial charge in [0.2, 0.25) is 0 Å². The summed E-state index contributed by atoms with van der Waals surface area (Å²) in [6, 6.07) is 7.83. The number of hydrogen-bond donors (Lipinski definition) is 1. The SMILES string of the molecule is COc1ccc(C#N)c(NCC(C2CC2)C2CC2)c1. The minimum absolute atomic E-state index is 0.700. The fourth-order valence-electron chi connectivity index (χ4n) is 2.89. The Morgan fingerprint density at radius 3 is 2.53 bits per heavy atom. The number of nitriles is 1. The molecule has 1 aromatic rings. The van der Waals surface area contributed by atoms with Crippen LogP contribution in [0.1, 0.15) is 31.2 Å². The van der Waals surface area contributed by atoms with E-state index in [9.17, 15) is 0 Å². The van der Waals surface area contributed by atoms with Crippen molar-refractivity contribution in [3.63, 3.8) is 0 Å². The van der Waals surface area contributed by atoms with Crippen LogP contribution in [0.4, 0.5) is 5.69 Å². The standard InChI is InChI=1S/C16H20N2O/c1-19-14-7-6-13(9-17)16(8-14)18-10-15(11-2-3-11)12-4-5-12/h6-8,11-12,15,18H,2-5,10H2,1H3. The molecular weight excluding hydrogens is 236 g/mol. The monoisotopic (exact) mass is 256 g/mol. The Hall–Kier alpha value is -1.69. The summed E-state index contributed by atoms with van der Waals surface area (Å²) in [6.07, 6.45) is 5.58. The number of nitrogens with one attached hydrogen (secondary N) is 1. The second-order valence-corrected chi connectivity index (χ2v) is 5.74. The van der Waals surface area contributed by atoms with Gasteiger partial charge in [-0.3, -0.25) is 0 Å². The highest BCUT2D eigenvalue weighted by Gasteiger charge is 2.41. The lowest BCUT2D eigenvalue weighted by molar-refractivity contribution is 0.414. The first-order valence-electron chi connectivity index (χ1n) is 7.14. The maximum Gasteiger partial charge on any atom is 0.121 e. The second kappa shape index (κ2) is 5.13. The second-order valence-electron chi connectivity index (χ2n) is 5.74. The molecule has 0 unspecified atom stereocenters. The predicted molar refractivity (Wildman–Crippen MR) is 75.1 cm³/mol. The molecule has 3 heteroatoms. The third-order valence-corrected chi connectivity index (χ3v) is 4.33. The molecule has 100 valence electrons. The molecule has 1 aromatic carbocycles. The minimum atomic E-state index is 0.700. The Morgan fingerprint density at radius 2 is 2.00 bits per heavy atom. The van der Waals surface area contributed by atoms with Gasteiger partial charge in [-0.25, -0.2) is 0 Å². The molecule has 2 saturated carbocycles. The fraction of sp³-hybridized carbons (Fsp3) is 0.562. The third-order valence-electron chi connectivity index (χ3n) is 4.33. The lowest BCUT2D eigenvalue weighted by atomic mass is 9.97. The van der Waals surface area contributed by atoms with Crippen LogP contribution in [-0.4, -0.2) is 13.7 Å². The zero-order chi connectivity index (χ0) is 13.2. The maximum atomic E-state index is 9.16. The number of hydrogen-bond acceptors (Lipinski definition) is 3. The molecule has 0 radical (unpaired) electrons. The van der Waals surface area contributed by atoms with E-state index >= 15 is 0 Å². The van der Waals surface area contributed by atoms with Crippen LogP contribution in [-0.2, 0) is 0 Å². The summed E-state index contributed by atoms with van der Waals surface area (Å²) in [5.74, 6) is 3.46. The molecule has 2 aliphatic carbocycles. The van der Waals surface area contributed by atoms with E-state index in [0.29, 0.717) is 5.56 Å². The molecule has 0 aliphatic heterocycles. The fourth-order valence-corrected chi connectivity index (χ4v) is 2.89. The van der Waals surface area contributed by atoms with Gasteiger partial charge in [0, 0.05) is 12.6 Å². The van der Waals surface area contributed by atoms with E-state index in [-0.39, 0.29) is 0 Å². The van der Waals surface area contributed by atoms with Crippen LogP contribution in [0.3, 0.4) is 0 Å². The quantitative estimate of drug-likeness (QED) is 0.848. The maximum absolute atomic E-state index is 9.16. The Bertz CT molecular complexity index is 486. The first-order chi connectivity index (χ1) is 9.31. The average molecular weight is 256 g/mol. The molecule has 3 nitrogen and oxygen atoms in total. The van der Waals surface area contributed by atoms with Crippen LogP contribution in [0.5, 0.6) is 5.75 Å². The van der Waals surface area contributed by atoms with Crippen LogP contribution in [0.25, 0.3) is 0 Å². The average Bonchev–Trinajstić information content (AvgIpc) is 3.31. The molecule has 0 atom stereocenters. The van der Waals surface area contributed by atoms with Gasteiger partial charge in [-0.2, -0.15) is 5.26 Å². The summed E-state index contributed by atoms with van der Waals surface area (Å²) in [6.45, 7) is 0.997. The smallest absolute Gasteiger partial charge is 0.121 e. The van der Waals surface area contributed by atoms with Crippen molar-refractivity contribution in [2.24, 2.45) is 17.8 Å². The molecule has 0 spiro atoms. The molecule has 0 heterocycles. The number of benzene rings is 1. The normalized spacial score (nSPS) is 18.2. The van der Waals surface area contributed by atoms with Crippen molar-refractivity contribution in [3.05, 3.63) is 23.8 Å². The van der Waals surface area contributed by atoms with Crippen molar-refractivity contribution in [2.75, 3.05) is 19.0 Å². The summed E-state index contributed by atoms with van der Waals surface area (Å²) in [5.41, 5.74) is 1.61. The molecule has 0 amide bonds. The van der Waals surface area contributed by atoms with E-state index in [4.69, 9.17) is 10.00 Å². The van der Waals surface area contributed by atoms with Crippen LogP contribution in [0, 0.1) is 29.1 Å². The highest BCUT2D eigenvalue weighted by molar-refractivity contribution is 5.60. The van der Waals surface area contributed by atoms with E-state index in [2.05, 4.69) is 11.4 Å². The van der Waals surface area contributed by atoms with Gasteiger partial charge in [0.15, 0.2) is 0 Å². The third kappa shape index (κ3) is 2.84. The number of anilines is 1. The van der Waals surface area contributed by atoms with E-state index in [1.165, 1.54) is 25.7 Å². The predicted octanol–water partition coefficient (Wildman–Crippen LogP) is 3.41. The molecule has 19 heavy (non-hydrogen) atoms. The van der Waals surface area contributed by atoms with Crippen molar-refractivity contribution in [2.45, 2.75) is 25.7 Å². The summed E-state index contributed by atoms with van der Waals surface area (Å²) >= 11 is 0. The van der Waals surface area contributed by atoms with Gasteiger partial charge in [0.05, 0.1) is 18.4 Å². The molecule has 0 bridgehead atoms. The van der Waals surface area contributed by atoms with Gasteiger partial charge in [0.25, 0.3) is 0 Å². The molecule has 0 saturated heterocycles. The van der Waals surface area contributed by atoms with Crippen molar-refractivity contribution in [1.82, 2.24) is 0 Å². The van der Waals surface area contributed by atoms with Gasteiger partial charge in [-0.05, 0) is 55.6 Å². The summed E-state index contributed by atoms with van der Waals surface area (Å²) in [7, 11) is 1.66. The van der Waals surface area contributed by atoms with Gasteiger partial charge < -0.3 is 10.1 Å². The molecule has 1 N–H and O–H groups in total. The number of rotatable bonds is 6. The number of methoxy groups -OCH3 is 1. The van der Waals surface area contributed by atoms with Crippen molar-refractivity contribution in [3.8, 4) is 11.8 Å². The zero-order valence-corrected chi connectivity index (χ0v) is 11.4. The number of ether oxygens (including phenoxy) is 1. The lowest BCUT2D eigenvalue weighted by Crippen LogP contribution is -2.18. The molecule has 3 rings (SSSR count). The van der Waals surface area contributed by atoms with E-state index in [1.54, 1.807) is 7.11 Å². The Balaban J connectivity index is 1.69. The highest BCUT2D eigenvalue weighted by Crippen LogP contribution is 2.49.